The molecule has 0 aliphatic heterocycles. The standard InChI is InChI=1S/C11H16F3N3O/c1-2-17-10(6-18-7-11(12,13)14)8-5-16-4-3-9(8)15/h3-5,10,17H,2,6-7H2,1H3,(H2,15,16). The second kappa shape index (κ2) is 6.55. The lowest BCUT2D eigenvalue weighted by Gasteiger charge is -2.20. The minimum absolute atomic E-state index is 0.108. The molecule has 1 atom stereocenters. The van der Waals surface area contributed by atoms with Gasteiger partial charge in [0.2, 0.25) is 0 Å². The van der Waals surface area contributed by atoms with Crippen molar-refractivity contribution in [3.05, 3.63) is 24.0 Å². The van der Waals surface area contributed by atoms with E-state index in [1.165, 1.54) is 12.4 Å². The molecule has 0 aliphatic carbocycles. The first kappa shape index (κ1) is 14.7. The van der Waals surface area contributed by atoms with Crippen LogP contribution in [-0.4, -0.2) is 30.9 Å². The van der Waals surface area contributed by atoms with Crippen LogP contribution in [0.4, 0.5) is 18.9 Å². The molecule has 0 radical (unpaired) electrons. The van der Waals surface area contributed by atoms with E-state index in [0.717, 1.165) is 0 Å². The molecule has 102 valence electrons. The third-order valence-corrected chi connectivity index (χ3v) is 2.26. The molecule has 0 aliphatic rings. The number of alkyl halides is 3. The summed E-state index contributed by atoms with van der Waals surface area (Å²) in [6.07, 6.45) is -1.27. The number of nitrogen functional groups attached to an aromatic ring is 1. The van der Waals surface area contributed by atoms with Crippen LogP contribution in [0, 0.1) is 0 Å². The minimum atomic E-state index is -4.32. The van der Waals surface area contributed by atoms with Crippen LogP contribution < -0.4 is 11.1 Å². The van der Waals surface area contributed by atoms with Gasteiger partial charge in [-0.15, -0.1) is 0 Å². The Bertz CT molecular complexity index is 371. The van der Waals surface area contributed by atoms with Crippen LogP contribution in [0.5, 0.6) is 0 Å². The van der Waals surface area contributed by atoms with Crippen molar-refractivity contribution in [1.29, 1.82) is 0 Å². The fraction of sp³-hybridized carbons (Fsp3) is 0.545. The molecule has 3 N–H and O–H groups in total. The molecule has 0 spiro atoms. The Kier molecular flexibility index (Phi) is 5.36. The van der Waals surface area contributed by atoms with Gasteiger partial charge >= 0.3 is 6.18 Å². The van der Waals surface area contributed by atoms with Crippen molar-refractivity contribution >= 4 is 5.69 Å². The van der Waals surface area contributed by atoms with Crippen molar-refractivity contribution < 1.29 is 17.9 Å². The summed E-state index contributed by atoms with van der Waals surface area (Å²) in [5.74, 6) is 0. The van der Waals surface area contributed by atoms with E-state index in [1.54, 1.807) is 6.07 Å². The van der Waals surface area contributed by atoms with Gasteiger partial charge in [-0.1, -0.05) is 6.92 Å². The van der Waals surface area contributed by atoms with Gasteiger partial charge in [-0.25, -0.2) is 0 Å². The summed E-state index contributed by atoms with van der Waals surface area (Å²) in [5, 5.41) is 3.01. The van der Waals surface area contributed by atoms with E-state index in [0.29, 0.717) is 17.8 Å². The average Bonchev–Trinajstić information content (AvgIpc) is 2.27. The Morgan fingerprint density at radius 2 is 2.22 bits per heavy atom. The van der Waals surface area contributed by atoms with Gasteiger partial charge < -0.3 is 15.8 Å². The van der Waals surface area contributed by atoms with Crippen molar-refractivity contribution in [3.8, 4) is 0 Å². The number of hydrogen-bond donors (Lipinski definition) is 2. The van der Waals surface area contributed by atoms with Crippen LogP contribution in [0.25, 0.3) is 0 Å². The number of likely N-dealkylation sites (N-methyl/N-ethyl adjacent to an activating group) is 1. The SMILES string of the molecule is CCNC(COCC(F)(F)F)c1cnccc1N. The number of nitrogens with one attached hydrogen (secondary N) is 1. The maximum absolute atomic E-state index is 12.0. The number of aromatic nitrogens is 1. The van der Waals surface area contributed by atoms with E-state index in [-0.39, 0.29) is 6.61 Å². The first-order valence-corrected chi connectivity index (χ1v) is 5.51. The summed E-state index contributed by atoms with van der Waals surface area (Å²) in [5.41, 5.74) is 6.87. The number of ether oxygens (including phenoxy) is 1. The number of nitrogens with zero attached hydrogens (tertiary/aromatic N) is 1. The topological polar surface area (TPSA) is 60.2 Å². The molecule has 1 heterocycles. The first-order valence-electron chi connectivity index (χ1n) is 5.51. The molecule has 4 nitrogen and oxygen atoms in total. The van der Waals surface area contributed by atoms with E-state index < -0.39 is 18.8 Å². The Labute approximate surface area is 103 Å². The molecule has 1 aromatic heterocycles. The van der Waals surface area contributed by atoms with Gasteiger partial charge in [-0.2, -0.15) is 13.2 Å². The molecule has 0 fully saturated rings. The number of hydrogen-bond acceptors (Lipinski definition) is 4. The highest BCUT2D eigenvalue weighted by atomic mass is 19.4. The first-order chi connectivity index (χ1) is 8.44. The summed E-state index contributed by atoms with van der Waals surface area (Å²) < 4.78 is 40.6. The van der Waals surface area contributed by atoms with Crippen molar-refractivity contribution in [2.75, 3.05) is 25.5 Å². The van der Waals surface area contributed by atoms with Crippen LogP contribution in [0.1, 0.15) is 18.5 Å². The van der Waals surface area contributed by atoms with Gasteiger partial charge in [0, 0.05) is 23.6 Å². The molecule has 1 aromatic rings. The van der Waals surface area contributed by atoms with Gasteiger partial charge in [-0.05, 0) is 12.6 Å². The van der Waals surface area contributed by atoms with E-state index in [2.05, 4.69) is 15.0 Å². The fourth-order valence-corrected chi connectivity index (χ4v) is 1.51. The van der Waals surface area contributed by atoms with Gasteiger partial charge in [0.1, 0.15) is 6.61 Å². The summed E-state index contributed by atoms with van der Waals surface area (Å²) >= 11 is 0. The highest BCUT2D eigenvalue weighted by Gasteiger charge is 2.28. The number of nitrogens with two attached hydrogens (primary N) is 1. The zero-order valence-corrected chi connectivity index (χ0v) is 10.00. The molecule has 0 amide bonds. The highest BCUT2D eigenvalue weighted by Crippen LogP contribution is 2.21. The second-order valence-electron chi connectivity index (χ2n) is 3.75. The molecular weight excluding hydrogens is 247 g/mol. The molecule has 7 heteroatoms. The average molecular weight is 263 g/mol. The van der Waals surface area contributed by atoms with Crippen LogP contribution in [0.2, 0.25) is 0 Å². The van der Waals surface area contributed by atoms with Gasteiger partial charge in [0.25, 0.3) is 0 Å². The molecule has 0 saturated heterocycles. The van der Waals surface area contributed by atoms with Crippen molar-refractivity contribution in [1.82, 2.24) is 10.3 Å². The number of anilines is 1. The maximum atomic E-state index is 12.0. The number of pyridine rings is 1. The maximum Gasteiger partial charge on any atom is 0.411 e. The normalized spacial score (nSPS) is 13.6. The lowest BCUT2D eigenvalue weighted by atomic mass is 10.1. The molecule has 0 saturated carbocycles. The smallest absolute Gasteiger partial charge is 0.398 e. The second-order valence-corrected chi connectivity index (χ2v) is 3.75. The van der Waals surface area contributed by atoms with Crippen molar-refractivity contribution in [3.63, 3.8) is 0 Å². The third-order valence-electron chi connectivity index (χ3n) is 2.26. The van der Waals surface area contributed by atoms with E-state index in [9.17, 15) is 13.2 Å². The molecule has 0 bridgehead atoms. The van der Waals surface area contributed by atoms with E-state index >= 15 is 0 Å². The summed E-state index contributed by atoms with van der Waals surface area (Å²) in [7, 11) is 0. The van der Waals surface area contributed by atoms with Crippen LogP contribution in [-0.2, 0) is 4.74 Å². The molecule has 0 aromatic carbocycles. The predicted octanol–water partition coefficient (Wildman–Crippen LogP) is 1.89. The Morgan fingerprint density at radius 3 is 2.78 bits per heavy atom. The van der Waals surface area contributed by atoms with Crippen molar-refractivity contribution in [2.24, 2.45) is 0 Å². The van der Waals surface area contributed by atoms with Crippen LogP contribution >= 0.6 is 0 Å². The van der Waals surface area contributed by atoms with Gasteiger partial charge in [0.15, 0.2) is 0 Å². The third kappa shape index (κ3) is 4.89. The zero-order chi connectivity index (χ0) is 13.6. The quantitative estimate of drug-likeness (QED) is 0.823. The van der Waals surface area contributed by atoms with Gasteiger partial charge in [0.05, 0.1) is 12.6 Å². The summed E-state index contributed by atoms with van der Waals surface area (Å²) in [6.45, 7) is 1.07. The lowest BCUT2D eigenvalue weighted by Crippen LogP contribution is -2.28. The minimum Gasteiger partial charge on any atom is -0.398 e. The lowest BCUT2D eigenvalue weighted by molar-refractivity contribution is -0.175. The number of halogens is 3. The Morgan fingerprint density at radius 1 is 1.50 bits per heavy atom. The van der Waals surface area contributed by atoms with Crippen LogP contribution in [0.15, 0.2) is 18.5 Å². The predicted molar refractivity (Wildman–Crippen MR) is 61.9 cm³/mol. The summed E-state index contributed by atoms with van der Waals surface area (Å²) in [4.78, 5) is 3.91. The largest absolute Gasteiger partial charge is 0.411 e. The van der Waals surface area contributed by atoms with E-state index in [1.807, 2.05) is 6.92 Å². The molecular formula is C11H16F3N3O. The summed E-state index contributed by atoms with van der Waals surface area (Å²) in [6, 6.07) is 1.20. The Hall–Kier alpha value is -1.34. The number of rotatable bonds is 6. The van der Waals surface area contributed by atoms with Crippen molar-refractivity contribution in [2.45, 2.75) is 19.1 Å². The van der Waals surface area contributed by atoms with Crippen LogP contribution in [0.3, 0.4) is 0 Å². The highest BCUT2D eigenvalue weighted by molar-refractivity contribution is 5.46. The Balaban J connectivity index is 2.63. The fourth-order valence-electron chi connectivity index (χ4n) is 1.51. The monoisotopic (exact) mass is 263 g/mol. The molecule has 1 rings (SSSR count). The van der Waals surface area contributed by atoms with Gasteiger partial charge in [-0.3, -0.25) is 4.98 Å². The van der Waals surface area contributed by atoms with E-state index in [4.69, 9.17) is 5.73 Å². The zero-order valence-electron chi connectivity index (χ0n) is 10.00. The molecule has 1 unspecified atom stereocenters. The molecule has 18 heavy (non-hydrogen) atoms.